The average molecular weight is 299 g/mol. The van der Waals surface area contributed by atoms with Crippen LogP contribution in [0.15, 0.2) is 27.8 Å². The van der Waals surface area contributed by atoms with E-state index < -0.39 is 16.0 Å². The van der Waals surface area contributed by atoms with Crippen molar-refractivity contribution in [2.45, 2.75) is 18.4 Å². The zero-order valence-corrected chi connectivity index (χ0v) is 11.6. The lowest BCUT2D eigenvalue weighted by Gasteiger charge is -2.01. The molecule has 2 heterocycles. The number of furan rings is 1. The number of carbonyl (C=O) groups is 1. The van der Waals surface area contributed by atoms with Crippen LogP contribution in [0, 0.1) is 6.92 Å². The minimum Gasteiger partial charge on any atom is -0.478 e. The molecule has 0 aliphatic rings. The van der Waals surface area contributed by atoms with Crippen LogP contribution in [0.5, 0.6) is 0 Å². The third-order valence-electron chi connectivity index (χ3n) is 2.63. The molecule has 2 N–H and O–H groups in total. The second-order valence-electron chi connectivity index (χ2n) is 4.16. The summed E-state index contributed by atoms with van der Waals surface area (Å²) in [6, 6.07) is 1.30. The first-order valence-electron chi connectivity index (χ1n) is 5.60. The molecule has 0 atom stereocenters. The van der Waals surface area contributed by atoms with Gasteiger partial charge in [0.1, 0.15) is 22.0 Å². The van der Waals surface area contributed by atoms with Gasteiger partial charge in [0.05, 0.1) is 12.7 Å². The van der Waals surface area contributed by atoms with Crippen molar-refractivity contribution < 1.29 is 22.7 Å². The van der Waals surface area contributed by atoms with Crippen LogP contribution in [-0.4, -0.2) is 29.3 Å². The van der Waals surface area contributed by atoms with Crippen LogP contribution < -0.4 is 4.72 Å². The summed E-state index contributed by atoms with van der Waals surface area (Å²) in [5.41, 5.74) is 0.0144. The molecule has 8 nitrogen and oxygen atoms in total. The molecule has 0 aliphatic carbocycles. The molecule has 0 spiro atoms. The number of nitrogens with zero attached hydrogens (tertiary/aromatic N) is 2. The lowest BCUT2D eigenvalue weighted by Crippen LogP contribution is -2.22. The number of rotatable bonds is 5. The molecular formula is C11H13N3O5S. The fraction of sp³-hybridized carbons (Fsp3) is 0.273. The smallest absolute Gasteiger partial charge is 0.339 e. The van der Waals surface area contributed by atoms with Crippen LogP contribution in [0.25, 0.3) is 0 Å². The third kappa shape index (κ3) is 2.89. The van der Waals surface area contributed by atoms with Crippen molar-refractivity contribution >= 4 is 16.0 Å². The van der Waals surface area contributed by atoms with Gasteiger partial charge in [-0.1, -0.05) is 0 Å². The maximum Gasteiger partial charge on any atom is 0.339 e. The minimum absolute atomic E-state index is 0.0144. The lowest BCUT2D eigenvalue weighted by atomic mass is 10.2. The number of aromatic carboxylic acids is 1. The van der Waals surface area contributed by atoms with Gasteiger partial charge in [0.15, 0.2) is 0 Å². The second-order valence-corrected chi connectivity index (χ2v) is 5.93. The number of hydrogen-bond donors (Lipinski definition) is 2. The summed E-state index contributed by atoms with van der Waals surface area (Å²) in [4.78, 5) is 10.9. The summed E-state index contributed by atoms with van der Waals surface area (Å²) in [6.07, 6.45) is 2.58. The Morgan fingerprint density at radius 3 is 2.75 bits per heavy atom. The van der Waals surface area contributed by atoms with E-state index in [4.69, 9.17) is 9.52 Å². The number of carboxylic acids is 1. The quantitative estimate of drug-likeness (QED) is 0.830. The number of nitrogens with one attached hydrogen (secondary N) is 1. The first kappa shape index (κ1) is 14.3. The number of sulfonamides is 1. The Labute approximate surface area is 115 Å². The Morgan fingerprint density at radius 1 is 1.55 bits per heavy atom. The Morgan fingerprint density at radius 2 is 2.25 bits per heavy atom. The van der Waals surface area contributed by atoms with E-state index in [1.54, 1.807) is 7.05 Å². The summed E-state index contributed by atoms with van der Waals surface area (Å²) >= 11 is 0. The summed E-state index contributed by atoms with van der Waals surface area (Å²) in [5.74, 6) is -0.659. The Hall–Kier alpha value is -2.13. The monoisotopic (exact) mass is 299 g/mol. The molecule has 0 aromatic carbocycles. The molecule has 0 saturated carbocycles. The lowest BCUT2D eigenvalue weighted by molar-refractivity contribution is 0.0695. The molecule has 9 heteroatoms. The summed E-state index contributed by atoms with van der Waals surface area (Å²) in [5, 5.41) is 12.7. The van der Waals surface area contributed by atoms with E-state index >= 15 is 0 Å². The van der Waals surface area contributed by atoms with Crippen LogP contribution in [0.4, 0.5) is 0 Å². The van der Waals surface area contributed by atoms with Crippen molar-refractivity contribution in [1.29, 1.82) is 0 Å². The van der Waals surface area contributed by atoms with Crippen LogP contribution in [0.2, 0.25) is 0 Å². The Kier molecular flexibility index (Phi) is 3.64. The molecule has 0 saturated heterocycles. The molecule has 0 aliphatic heterocycles. The van der Waals surface area contributed by atoms with Gasteiger partial charge in [0.25, 0.3) is 0 Å². The highest BCUT2D eigenvalue weighted by atomic mass is 32.2. The zero-order valence-electron chi connectivity index (χ0n) is 10.8. The second kappa shape index (κ2) is 5.10. The zero-order chi connectivity index (χ0) is 14.9. The molecule has 108 valence electrons. The maximum atomic E-state index is 11.9. The van der Waals surface area contributed by atoms with Gasteiger partial charge >= 0.3 is 5.97 Å². The van der Waals surface area contributed by atoms with E-state index in [2.05, 4.69) is 9.82 Å². The first-order valence-corrected chi connectivity index (χ1v) is 7.09. The van der Waals surface area contributed by atoms with E-state index in [0.717, 1.165) is 0 Å². The van der Waals surface area contributed by atoms with Gasteiger partial charge in [-0.05, 0) is 13.0 Å². The predicted octanol–water partition coefficient (Wildman–Crippen LogP) is 0.498. The molecule has 2 aromatic rings. The van der Waals surface area contributed by atoms with Crippen LogP contribution >= 0.6 is 0 Å². The molecule has 0 unspecified atom stereocenters. The number of hydrogen-bond acceptors (Lipinski definition) is 5. The van der Waals surface area contributed by atoms with Crippen molar-refractivity contribution in [1.82, 2.24) is 14.5 Å². The molecule has 20 heavy (non-hydrogen) atoms. The van der Waals surface area contributed by atoms with Crippen molar-refractivity contribution in [2.75, 3.05) is 0 Å². The molecule has 2 rings (SSSR count). The number of aromatic nitrogens is 2. The molecule has 0 bridgehead atoms. The number of carboxylic acid groups (broad SMARTS) is 1. The summed E-state index contributed by atoms with van der Waals surface area (Å²) in [7, 11) is -2.10. The first-order chi connectivity index (χ1) is 9.29. The van der Waals surface area contributed by atoms with Gasteiger partial charge in [-0.2, -0.15) is 5.10 Å². The van der Waals surface area contributed by atoms with E-state index in [0.29, 0.717) is 0 Å². The molecule has 2 aromatic heterocycles. The molecule has 0 fully saturated rings. The van der Waals surface area contributed by atoms with E-state index in [-0.39, 0.29) is 28.5 Å². The SMILES string of the molecule is Cc1oc(CNS(=O)(=O)c2cnn(C)c2)cc1C(=O)O. The van der Waals surface area contributed by atoms with Crippen molar-refractivity contribution in [3.8, 4) is 0 Å². The van der Waals surface area contributed by atoms with E-state index in [1.807, 2.05) is 0 Å². The topological polar surface area (TPSA) is 114 Å². The number of aryl methyl sites for hydroxylation is 2. The van der Waals surface area contributed by atoms with Crippen LogP contribution in [-0.2, 0) is 23.6 Å². The maximum absolute atomic E-state index is 11.9. The van der Waals surface area contributed by atoms with E-state index in [9.17, 15) is 13.2 Å². The average Bonchev–Trinajstić information content (AvgIpc) is 2.93. The van der Waals surface area contributed by atoms with Gasteiger partial charge in [-0.3, -0.25) is 4.68 Å². The van der Waals surface area contributed by atoms with Gasteiger partial charge in [-0.25, -0.2) is 17.9 Å². The van der Waals surface area contributed by atoms with Gasteiger partial charge < -0.3 is 9.52 Å². The van der Waals surface area contributed by atoms with Crippen molar-refractivity contribution in [3.05, 3.63) is 35.5 Å². The highest BCUT2D eigenvalue weighted by Crippen LogP contribution is 2.15. The van der Waals surface area contributed by atoms with Crippen LogP contribution in [0.3, 0.4) is 0 Å². The summed E-state index contributed by atoms with van der Waals surface area (Å²) in [6.45, 7) is 1.37. The van der Waals surface area contributed by atoms with Gasteiger partial charge in [-0.15, -0.1) is 0 Å². The minimum atomic E-state index is -3.70. The van der Waals surface area contributed by atoms with Gasteiger partial charge in [0, 0.05) is 13.2 Å². The largest absolute Gasteiger partial charge is 0.478 e. The highest BCUT2D eigenvalue weighted by Gasteiger charge is 2.18. The van der Waals surface area contributed by atoms with Crippen molar-refractivity contribution in [2.24, 2.45) is 7.05 Å². The van der Waals surface area contributed by atoms with Crippen LogP contribution in [0.1, 0.15) is 21.9 Å². The fourth-order valence-corrected chi connectivity index (χ4v) is 2.61. The predicted molar refractivity (Wildman–Crippen MR) is 67.6 cm³/mol. The summed E-state index contributed by atoms with van der Waals surface area (Å²) < 4.78 is 32.7. The van der Waals surface area contributed by atoms with E-state index in [1.165, 1.54) is 30.1 Å². The molecule has 0 amide bonds. The Bertz CT molecular complexity index is 744. The van der Waals surface area contributed by atoms with Gasteiger partial charge in [0.2, 0.25) is 10.0 Å². The molecular weight excluding hydrogens is 286 g/mol. The standard InChI is InChI=1S/C11H13N3O5S/c1-7-10(11(15)16)3-8(19-7)4-13-20(17,18)9-5-12-14(2)6-9/h3,5-6,13H,4H2,1-2H3,(H,15,16). The highest BCUT2D eigenvalue weighted by molar-refractivity contribution is 7.89. The Balaban J connectivity index is 2.12. The molecule has 0 radical (unpaired) electrons. The third-order valence-corrected chi connectivity index (χ3v) is 3.98. The van der Waals surface area contributed by atoms with Crippen molar-refractivity contribution in [3.63, 3.8) is 0 Å². The fourth-order valence-electron chi connectivity index (χ4n) is 1.63. The normalized spacial score (nSPS) is 11.7.